The summed E-state index contributed by atoms with van der Waals surface area (Å²) in [5.74, 6) is 0.536. The van der Waals surface area contributed by atoms with Crippen LogP contribution in [-0.2, 0) is 26.0 Å². The van der Waals surface area contributed by atoms with Gasteiger partial charge in [-0.25, -0.2) is 8.42 Å². The van der Waals surface area contributed by atoms with Crippen LogP contribution in [-0.4, -0.2) is 62.2 Å². The highest BCUT2D eigenvalue weighted by Gasteiger charge is 2.30. The number of rotatable bonds is 4. The zero-order valence-electron chi connectivity index (χ0n) is 19.1. The SMILES string of the molecule is CC1CCN(C(=O)CN2C(=O)CCCc3cc(S(=O)(=O)N4CCCCCC4)ccc32)CC1. The summed E-state index contributed by atoms with van der Waals surface area (Å²) >= 11 is 0. The molecule has 0 bridgehead atoms. The molecule has 1 aromatic rings. The van der Waals surface area contributed by atoms with Crippen molar-refractivity contribution in [3.8, 4) is 0 Å². The minimum atomic E-state index is -3.55. The predicted octanol–water partition coefficient (Wildman–Crippen LogP) is 3.18. The Balaban J connectivity index is 1.57. The predicted molar refractivity (Wildman–Crippen MR) is 124 cm³/mol. The summed E-state index contributed by atoms with van der Waals surface area (Å²) in [6.07, 6.45) is 7.57. The number of aryl methyl sites for hydroxylation is 1. The van der Waals surface area contributed by atoms with Gasteiger partial charge in [-0.2, -0.15) is 4.31 Å². The molecule has 0 radical (unpaired) electrons. The van der Waals surface area contributed by atoms with Gasteiger partial charge < -0.3 is 9.80 Å². The lowest BCUT2D eigenvalue weighted by atomic mass is 9.99. The number of hydrogen-bond donors (Lipinski definition) is 0. The van der Waals surface area contributed by atoms with Crippen LogP contribution in [0.3, 0.4) is 0 Å². The van der Waals surface area contributed by atoms with Gasteiger partial charge in [0.1, 0.15) is 6.54 Å². The molecule has 4 rings (SSSR count). The zero-order valence-corrected chi connectivity index (χ0v) is 19.9. The third kappa shape index (κ3) is 5.01. The van der Waals surface area contributed by atoms with Gasteiger partial charge in [-0.1, -0.05) is 19.8 Å². The highest BCUT2D eigenvalue weighted by atomic mass is 32.2. The Morgan fingerprint density at radius 3 is 2.34 bits per heavy atom. The lowest BCUT2D eigenvalue weighted by Gasteiger charge is -2.32. The van der Waals surface area contributed by atoms with Crippen molar-refractivity contribution in [3.05, 3.63) is 23.8 Å². The van der Waals surface area contributed by atoms with E-state index in [0.717, 1.165) is 57.2 Å². The second-order valence-corrected chi connectivity index (χ2v) is 11.4. The molecule has 0 atom stereocenters. The van der Waals surface area contributed by atoms with Gasteiger partial charge in [0.15, 0.2) is 0 Å². The van der Waals surface area contributed by atoms with Gasteiger partial charge in [-0.05, 0) is 68.2 Å². The molecule has 0 unspecified atom stereocenters. The lowest BCUT2D eigenvalue weighted by molar-refractivity contribution is -0.132. The van der Waals surface area contributed by atoms with Gasteiger partial charge in [0.05, 0.1) is 4.90 Å². The van der Waals surface area contributed by atoms with Crippen LogP contribution in [0.25, 0.3) is 0 Å². The summed E-state index contributed by atoms with van der Waals surface area (Å²) in [7, 11) is -3.55. The van der Waals surface area contributed by atoms with E-state index in [4.69, 9.17) is 0 Å². The molecule has 3 heterocycles. The summed E-state index contributed by atoms with van der Waals surface area (Å²) in [6.45, 7) is 4.83. The maximum Gasteiger partial charge on any atom is 0.243 e. The third-order valence-corrected chi connectivity index (χ3v) is 9.01. The first-order valence-corrected chi connectivity index (χ1v) is 13.5. The second kappa shape index (κ2) is 9.91. The number of piperidine rings is 1. The van der Waals surface area contributed by atoms with Gasteiger partial charge in [-0.15, -0.1) is 0 Å². The number of hydrogen-bond acceptors (Lipinski definition) is 4. The fraction of sp³-hybridized carbons (Fsp3) is 0.667. The number of carbonyl (C=O) groups is 2. The Morgan fingerprint density at radius 2 is 1.66 bits per heavy atom. The zero-order chi connectivity index (χ0) is 22.7. The van der Waals surface area contributed by atoms with Crippen LogP contribution in [0.2, 0.25) is 0 Å². The molecule has 7 nitrogen and oxygen atoms in total. The summed E-state index contributed by atoms with van der Waals surface area (Å²) in [4.78, 5) is 29.5. The molecule has 2 fully saturated rings. The van der Waals surface area contributed by atoms with Crippen molar-refractivity contribution < 1.29 is 18.0 Å². The smallest absolute Gasteiger partial charge is 0.243 e. The minimum absolute atomic E-state index is 0.0262. The molecular weight excluding hydrogens is 426 g/mol. The normalized spacial score (nSPS) is 21.7. The Kier molecular flexibility index (Phi) is 7.20. The van der Waals surface area contributed by atoms with Gasteiger partial charge in [0, 0.05) is 38.3 Å². The number of anilines is 1. The molecule has 1 aromatic carbocycles. The number of carbonyl (C=O) groups excluding carboxylic acids is 2. The van der Waals surface area contributed by atoms with Crippen molar-refractivity contribution in [2.75, 3.05) is 37.6 Å². The van der Waals surface area contributed by atoms with Crippen LogP contribution in [0.1, 0.15) is 63.9 Å². The summed E-state index contributed by atoms with van der Waals surface area (Å²) in [5, 5.41) is 0. The number of likely N-dealkylation sites (tertiary alicyclic amines) is 1. The Morgan fingerprint density at radius 1 is 0.969 bits per heavy atom. The first-order valence-electron chi connectivity index (χ1n) is 12.1. The highest BCUT2D eigenvalue weighted by Crippen LogP contribution is 2.31. The van der Waals surface area contributed by atoms with Crippen molar-refractivity contribution in [3.63, 3.8) is 0 Å². The van der Waals surface area contributed by atoms with Gasteiger partial charge in [0.2, 0.25) is 21.8 Å². The van der Waals surface area contributed by atoms with E-state index in [2.05, 4.69) is 6.92 Å². The van der Waals surface area contributed by atoms with Crippen molar-refractivity contribution in [1.29, 1.82) is 0 Å². The molecule has 0 N–H and O–H groups in total. The fourth-order valence-corrected chi connectivity index (χ4v) is 6.55. The number of amides is 2. The van der Waals surface area contributed by atoms with E-state index in [1.807, 2.05) is 4.90 Å². The number of sulfonamides is 1. The minimum Gasteiger partial charge on any atom is -0.341 e. The molecule has 0 saturated carbocycles. The molecule has 0 spiro atoms. The van der Waals surface area contributed by atoms with E-state index < -0.39 is 10.0 Å². The summed E-state index contributed by atoms with van der Waals surface area (Å²) in [5.41, 5.74) is 1.52. The number of benzene rings is 1. The summed E-state index contributed by atoms with van der Waals surface area (Å²) < 4.78 is 28.1. The van der Waals surface area contributed by atoms with E-state index in [9.17, 15) is 18.0 Å². The van der Waals surface area contributed by atoms with Gasteiger partial charge in [0.25, 0.3) is 0 Å². The third-order valence-electron chi connectivity index (χ3n) is 7.11. The highest BCUT2D eigenvalue weighted by molar-refractivity contribution is 7.89. The van der Waals surface area contributed by atoms with Crippen LogP contribution in [0.4, 0.5) is 5.69 Å². The first kappa shape index (κ1) is 23.2. The van der Waals surface area contributed by atoms with E-state index in [0.29, 0.717) is 48.9 Å². The quantitative estimate of drug-likeness (QED) is 0.690. The van der Waals surface area contributed by atoms with Crippen LogP contribution < -0.4 is 4.90 Å². The molecule has 3 aliphatic heterocycles. The Labute approximate surface area is 191 Å². The number of fused-ring (bicyclic) bond motifs is 1. The van der Waals surface area contributed by atoms with E-state index >= 15 is 0 Å². The van der Waals surface area contributed by atoms with Crippen molar-refractivity contribution in [1.82, 2.24) is 9.21 Å². The van der Waals surface area contributed by atoms with E-state index in [-0.39, 0.29) is 18.4 Å². The fourth-order valence-electron chi connectivity index (χ4n) is 4.98. The largest absolute Gasteiger partial charge is 0.341 e. The maximum atomic E-state index is 13.3. The van der Waals surface area contributed by atoms with Crippen LogP contribution >= 0.6 is 0 Å². The molecule has 3 aliphatic rings. The molecule has 0 aliphatic carbocycles. The van der Waals surface area contributed by atoms with Crippen molar-refractivity contribution in [2.45, 2.75) is 69.6 Å². The van der Waals surface area contributed by atoms with Crippen LogP contribution in [0.5, 0.6) is 0 Å². The first-order chi connectivity index (χ1) is 15.4. The second-order valence-electron chi connectivity index (χ2n) is 9.51. The van der Waals surface area contributed by atoms with Crippen LogP contribution in [0.15, 0.2) is 23.1 Å². The van der Waals surface area contributed by atoms with Gasteiger partial charge in [-0.3, -0.25) is 9.59 Å². The Hall–Kier alpha value is -1.93. The number of nitrogens with zero attached hydrogens (tertiary/aromatic N) is 3. The molecule has 8 heteroatoms. The Bertz CT molecular complexity index is 946. The topological polar surface area (TPSA) is 78.0 Å². The van der Waals surface area contributed by atoms with Gasteiger partial charge >= 0.3 is 0 Å². The van der Waals surface area contributed by atoms with Crippen molar-refractivity contribution in [2.24, 2.45) is 5.92 Å². The molecule has 32 heavy (non-hydrogen) atoms. The van der Waals surface area contributed by atoms with Crippen molar-refractivity contribution >= 4 is 27.5 Å². The average molecular weight is 462 g/mol. The van der Waals surface area contributed by atoms with Crippen LogP contribution in [0, 0.1) is 5.92 Å². The molecule has 2 amide bonds. The van der Waals surface area contributed by atoms with E-state index in [1.165, 1.54) is 0 Å². The molecule has 0 aromatic heterocycles. The maximum absolute atomic E-state index is 13.3. The molecule has 176 valence electrons. The van der Waals surface area contributed by atoms with E-state index in [1.54, 1.807) is 27.4 Å². The summed E-state index contributed by atoms with van der Waals surface area (Å²) in [6, 6.07) is 5.07. The molecular formula is C24H35N3O4S. The average Bonchev–Trinajstić information content (AvgIpc) is 3.14. The standard InChI is InChI=1S/C24H35N3O4S/c1-19-11-15-25(16-12-19)24(29)18-27-22-10-9-21(17-20(22)7-6-8-23(27)28)32(30,31)26-13-4-2-3-5-14-26/h9-10,17,19H,2-8,11-16,18H2,1H3. The molecule has 2 saturated heterocycles. The lowest BCUT2D eigenvalue weighted by Crippen LogP contribution is -2.45. The monoisotopic (exact) mass is 461 g/mol.